The van der Waals surface area contributed by atoms with E-state index in [2.05, 4.69) is 5.32 Å². The number of carbonyl (C=O) groups excluding carboxylic acids is 2. The molecule has 0 unspecified atom stereocenters. The highest BCUT2D eigenvalue weighted by atomic mass is 16.5. The maximum absolute atomic E-state index is 12.3. The van der Waals surface area contributed by atoms with E-state index < -0.39 is 5.41 Å². The molecule has 0 aromatic heterocycles. The fourth-order valence-electron chi connectivity index (χ4n) is 2.79. The van der Waals surface area contributed by atoms with Gasteiger partial charge in [0.2, 0.25) is 11.8 Å². The Morgan fingerprint density at radius 3 is 2.78 bits per heavy atom. The predicted octanol–water partition coefficient (Wildman–Crippen LogP) is 0.747. The van der Waals surface area contributed by atoms with Crippen LogP contribution in [0.5, 0.6) is 5.75 Å². The van der Waals surface area contributed by atoms with Crippen molar-refractivity contribution in [3.05, 3.63) is 23.8 Å². The van der Waals surface area contributed by atoms with Gasteiger partial charge >= 0.3 is 0 Å². The van der Waals surface area contributed by atoms with Gasteiger partial charge in [0.05, 0.1) is 7.11 Å². The first-order chi connectivity index (χ1) is 8.59. The van der Waals surface area contributed by atoms with E-state index in [4.69, 9.17) is 4.74 Å². The fraction of sp³-hybridized carbons (Fsp3) is 0.385. The summed E-state index contributed by atoms with van der Waals surface area (Å²) >= 11 is 0. The van der Waals surface area contributed by atoms with Crippen molar-refractivity contribution in [2.75, 3.05) is 26.0 Å². The van der Waals surface area contributed by atoms with Gasteiger partial charge in [-0.2, -0.15) is 0 Å². The van der Waals surface area contributed by atoms with Crippen LogP contribution in [0.4, 0.5) is 5.69 Å². The summed E-state index contributed by atoms with van der Waals surface area (Å²) in [6, 6.07) is 5.35. The van der Waals surface area contributed by atoms with E-state index in [1.54, 1.807) is 37.3 Å². The van der Waals surface area contributed by atoms with Crippen LogP contribution in [0.15, 0.2) is 18.2 Å². The molecular formula is C13H14N2O3. The SMILES string of the molecule is COc1ccc2c(c1)[C@@]1(CCN(C)C1=O)C(=O)N2. The average molecular weight is 246 g/mol. The van der Waals surface area contributed by atoms with Gasteiger partial charge in [0.1, 0.15) is 5.75 Å². The minimum absolute atomic E-state index is 0.132. The molecule has 1 fully saturated rings. The highest BCUT2D eigenvalue weighted by Gasteiger charge is 2.57. The summed E-state index contributed by atoms with van der Waals surface area (Å²) in [7, 11) is 3.30. The van der Waals surface area contributed by atoms with E-state index >= 15 is 0 Å². The molecule has 0 bridgehead atoms. The molecule has 2 amide bonds. The largest absolute Gasteiger partial charge is 0.497 e. The van der Waals surface area contributed by atoms with Gasteiger partial charge in [-0.15, -0.1) is 0 Å². The number of benzene rings is 1. The third-order valence-corrected chi connectivity index (χ3v) is 3.86. The van der Waals surface area contributed by atoms with Crippen molar-refractivity contribution in [2.24, 2.45) is 0 Å². The zero-order chi connectivity index (χ0) is 12.9. The number of methoxy groups -OCH3 is 1. The molecule has 1 spiro atoms. The van der Waals surface area contributed by atoms with E-state index in [0.29, 0.717) is 24.4 Å². The van der Waals surface area contributed by atoms with Gasteiger partial charge in [0.15, 0.2) is 5.41 Å². The Hall–Kier alpha value is -2.04. The van der Waals surface area contributed by atoms with Gasteiger partial charge in [-0.1, -0.05) is 0 Å². The maximum atomic E-state index is 12.3. The lowest BCUT2D eigenvalue weighted by molar-refractivity contribution is -0.136. The first-order valence-electron chi connectivity index (χ1n) is 5.85. The second-order valence-electron chi connectivity index (χ2n) is 4.75. The molecule has 1 N–H and O–H groups in total. The number of rotatable bonds is 1. The van der Waals surface area contributed by atoms with Crippen molar-refractivity contribution in [1.29, 1.82) is 0 Å². The highest BCUT2D eigenvalue weighted by Crippen LogP contribution is 2.45. The Morgan fingerprint density at radius 1 is 1.39 bits per heavy atom. The van der Waals surface area contributed by atoms with Gasteiger partial charge in [0, 0.05) is 24.8 Å². The zero-order valence-corrected chi connectivity index (χ0v) is 10.3. The summed E-state index contributed by atoms with van der Waals surface area (Å²) in [5.41, 5.74) is 0.407. The number of hydrogen-bond donors (Lipinski definition) is 1. The zero-order valence-electron chi connectivity index (χ0n) is 10.3. The molecule has 5 nitrogen and oxygen atoms in total. The van der Waals surface area contributed by atoms with Crippen molar-refractivity contribution in [3.63, 3.8) is 0 Å². The molecule has 0 saturated carbocycles. The molecule has 2 aliphatic heterocycles. The molecule has 1 aromatic rings. The Bertz CT molecular complexity index is 555. The third kappa shape index (κ3) is 1.16. The summed E-state index contributed by atoms with van der Waals surface area (Å²) in [4.78, 5) is 26.1. The molecule has 18 heavy (non-hydrogen) atoms. The fourth-order valence-corrected chi connectivity index (χ4v) is 2.79. The normalized spacial score (nSPS) is 25.6. The van der Waals surface area contributed by atoms with Crippen LogP contribution in [0.25, 0.3) is 0 Å². The summed E-state index contributed by atoms with van der Waals surface area (Å²) < 4.78 is 5.18. The molecule has 2 heterocycles. The number of ether oxygens (including phenoxy) is 1. The van der Waals surface area contributed by atoms with E-state index in [1.807, 2.05) is 0 Å². The molecule has 1 atom stereocenters. The van der Waals surface area contributed by atoms with Gasteiger partial charge in [-0.05, 0) is 24.6 Å². The van der Waals surface area contributed by atoms with Crippen molar-refractivity contribution in [1.82, 2.24) is 4.90 Å². The first-order valence-corrected chi connectivity index (χ1v) is 5.85. The summed E-state index contributed by atoms with van der Waals surface area (Å²) in [6.45, 7) is 0.600. The number of hydrogen-bond acceptors (Lipinski definition) is 3. The summed E-state index contributed by atoms with van der Waals surface area (Å²) in [5, 5.41) is 2.79. The number of likely N-dealkylation sites (tertiary alicyclic amines) is 1. The Labute approximate surface area is 105 Å². The Kier molecular flexibility index (Phi) is 2.14. The number of fused-ring (bicyclic) bond motifs is 2. The number of carbonyl (C=O) groups is 2. The highest BCUT2D eigenvalue weighted by molar-refractivity contribution is 6.21. The number of amides is 2. The molecule has 5 heteroatoms. The van der Waals surface area contributed by atoms with Crippen LogP contribution in [0.2, 0.25) is 0 Å². The van der Waals surface area contributed by atoms with E-state index in [9.17, 15) is 9.59 Å². The molecule has 0 aliphatic carbocycles. The summed E-state index contributed by atoms with van der Waals surface area (Å²) in [6.07, 6.45) is 0.522. The lowest BCUT2D eigenvalue weighted by atomic mass is 9.80. The monoisotopic (exact) mass is 246 g/mol. The Morgan fingerprint density at radius 2 is 2.17 bits per heavy atom. The molecule has 1 aromatic carbocycles. The van der Waals surface area contributed by atoms with Crippen LogP contribution in [0.1, 0.15) is 12.0 Å². The number of anilines is 1. The van der Waals surface area contributed by atoms with E-state index in [0.717, 1.165) is 5.56 Å². The van der Waals surface area contributed by atoms with Crippen LogP contribution in [0, 0.1) is 0 Å². The second kappa shape index (κ2) is 3.48. The van der Waals surface area contributed by atoms with Gasteiger partial charge in [0.25, 0.3) is 0 Å². The van der Waals surface area contributed by atoms with Gasteiger partial charge < -0.3 is 15.0 Å². The van der Waals surface area contributed by atoms with E-state index in [1.165, 1.54) is 0 Å². The topological polar surface area (TPSA) is 58.6 Å². The van der Waals surface area contributed by atoms with Crippen LogP contribution < -0.4 is 10.1 Å². The van der Waals surface area contributed by atoms with Crippen LogP contribution in [-0.4, -0.2) is 37.4 Å². The minimum Gasteiger partial charge on any atom is -0.497 e. The first kappa shape index (κ1) is 11.1. The van der Waals surface area contributed by atoms with Gasteiger partial charge in [-0.3, -0.25) is 9.59 Å². The van der Waals surface area contributed by atoms with Crippen molar-refractivity contribution >= 4 is 17.5 Å². The molecule has 94 valence electrons. The number of nitrogens with zero attached hydrogens (tertiary/aromatic N) is 1. The average Bonchev–Trinajstić information content (AvgIpc) is 2.83. The predicted molar refractivity (Wildman–Crippen MR) is 65.6 cm³/mol. The van der Waals surface area contributed by atoms with Gasteiger partial charge in [-0.25, -0.2) is 0 Å². The number of nitrogens with one attached hydrogen (secondary N) is 1. The summed E-state index contributed by atoms with van der Waals surface area (Å²) in [5.74, 6) is 0.305. The molecule has 0 radical (unpaired) electrons. The molecule has 2 aliphatic rings. The van der Waals surface area contributed by atoms with Crippen LogP contribution >= 0.6 is 0 Å². The van der Waals surface area contributed by atoms with Crippen molar-refractivity contribution in [3.8, 4) is 5.75 Å². The molecule has 3 rings (SSSR count). The smallest absolute Gasteiger partial charge is 0.244 e. The Balaban J connectivity index is 2.19. The van der Waals surface area contributed by atoms with Crippen LogP contribution in [0.3, 0.4) is 0 Å². The van der Waals surface area contributed by atoms with E-state index in [-0.39, 0.29) is 11.8 Å². The third-order valence-electron chi connectivity index (χ3n) is 3.86. The molecule has 1 saturated heterocycles. The maximum Gasteiger partial charge on any atom is 0.244 e. The number of likely N-dealkylation sites (N-methyl/N-ethyl adjacent to an activating group) is 1. The molecular weight excluding hydrogens is 232 g/mol. The standard InChI is InChI=1S/C13H14N2O3/c1-15-6-5-13(12(15)17)9-7-8(18-2)3-4-10(9)14-11(13)16/h3-4,7H,5-6H2,1-2H3,(H,14,16)/t13-/m0/s1. The lowest BCUT2D eigenvalue weighted by Gasteiger charge is -2.19. The minimum atomic E-state index is -1.04. The van der Waals surface area contributed by atoms with Crippen molar-refractivity contribution in [2.45, 2.75) is 11.8 Å². The quantitative estimate of drug-likeness (QED) is 0.744. The van der Waals surface area contributed by atoms with Crippen molar-refractivity contribution < 1.29 is 14.3 Å². The second-order valence-corrected chi connectivity index (χ2v) is 4.75. The van der Waals surface area contributed by atoms with Crippen LogP contribution in [-0.2, 0) is 15.0 Å². The lowest BCUT2D eigenvalue weighted by Crippen LogP contribution is -2.42.